The van der Waals surface area contributed by atoms with E-state index in [2.05, 4.69) is 22.2 Å². The number of aromatic nitrogens is 3. The largest absolute Gasteiger partial charge is 0.416 e. The molecule has 2 atom stereocenters. The van der Waals surface area contributed by atoms with E-state index in [4.69, 9.17) is 5.73 Å². The molecule has 3 fully saturated rings. The second-order valence-corrected chi connectivity index (χ2v) is 10.0. The van der Waals surface area contributed by atoms with Crippen LogP contribution in [0.5, 0.6) is 0 Å². The predicted molar refractivity (Wildman–Crippen MR) is 119 cm³/mol. The van der Waals surface area contributed by atoms with Crippen molar-refractivity contribution >= 4 is 23.2 Å². The molecular formula is C24H25F3N6O. The van der Waals surface area contributed by atoms with Gasteiger partial charge in [0, 0.05) is 23.6 Å². The molecule has 0 saturated heterocycles. The molecule has 7 rings (SSSR count). The van der Waals surface area contributed by atoms with Crippen molar-refractivity contribution in [3.05, 3.63) is 53.0 Å². The minimum absolute atomic E-state index is 0.0461. The molecule has 10 heteroatoms. The molecule has 2 bridgehead atoms. The van der Waals surface area contributed by atoms with Crippen molar-refractivity contribution < 1.29 is 18.0 Å². The van der Waals surface area contributed by atoms with Crippen LogP contribution in [0.15, 0.2) is 30.6 Å². The zero-order valence-electron chi connectivity index (χ0n) is 18.9. The number of halogens is 3. The number of amides is 1. The second-order valence-electron chi connectivity index (χ2n) is 10.0. The van der Waals surface area contributed by atoms with Crippen LogP contribution in [0.4, 0.5) is 24.7 Å². The van der Waals surface area contributed by atoms with Crippen molar-refractivity contribution in [2.45, 2.75) is 52.0 Å². The van der Waals surface area contributed by atoms with Gasteiger partial charge < -0.3 is 16.0 Å². The highest BCUT2D eigenvalue weighted by Crippen LogP contribution is 2.69. The van der Waals surface area contributed by atoms with Crippen LogP contribution in [0.1, 0.15) is 55.1 Å². The van der Waals surface area contributed by atoms with Gasteiger partial charge in [-0.25, -0.2) is 4.98 Å². The van der Waals surface area contributed by atoms with Crippen LogP contribution in [0.3, 0.4) is 0 Å². The summed E-state index contributed by atoms with van der Waals surface area (Å²) in [5.41, 5.74) is 6.99. The topological polar surface area (TPSA) is 88.5 Å². The Labute approximate surface area is 194 Å². The van der Waals surface area contributed by atoms with Gasteiger partial charge in [-0.05, 0) is 55.4 Å². The lowest BCUT2D eigenvalue weighted by Crippen LogP contribution is -2.66. The van der Waals surface area contributed by atoms with E-state index in [0.717, 1.165) is 36.2 Å². The van der Waals surface area contributed by atoms with Crippen molar-refractivity contribution in [1.82, 2.24) is 19.3 Å². The fourth-order valence-corrected chi connectivity index (χ4v) is 5.86. The minimum atomic E-state index is -4.49. The SMILES string of the molecule is C[C@@H](Nc1nc2nccn2c2c1CN(C(=O)C13CC(C1)[C@@H]3C)C2)c1cc(N)cc(C(F)(F)F)c1. The lowest BCUT2D eigenvalue weighted by molar-refractivity contribution is -0.205. The fourth-order valence-electron chi connectivity index (χ4n) is 5.86. The molecule has 34 heavy (non-hydrogen) atoms. The number of rotatable bonds is 4. The van der Waals surface area contributed by atoms with Crippen LogP contribution >= 0.6 is 0 Å². The number of carbonyl (C=O) groups excluding carboxylic acids is 1. The molecular weight excluding hydrogens is 445 g/mol. The quantitative estimate of drug-likeness (QED) is 0.552. The number of imidazole rings is 1. The highest BCUT2D eigenvalue weighted by atomic mass is 19.4. The van der Waals surface area contributed by atoms with Crippen LogP contribution in [0.2, 0.25) is 0 Å². The zero-order valence-corrected chi connectivity index (χ0v) is 18.9. The van der Waals surface area contributed by atoms with Crippen LogP contribution in [-0.2, 0) is 24.1 Å². The second kappa shape index (κ2) is 6.86. The maximum atomic E-state index is 13.4. The van der Waals surface area contributed by atoms with Gasteiger partial charge in [0.05, 0.1) is 35.8 Å². The van der Waals surface area contributed by atoms with Gasteiger partial charge in [0.1, 0.15) is 5.82 Å². The van der Waals surface area contributed by atoms with E-state index < -0.39 is 17.8 Å². The Hall–Kier alpha value is -3.30. The lowest BCUT2D eigenvalue weighted by Gasteiger charge is -2.66. The number of carbonyl (C=O) groups is 1. The molecule has 3 saturated carbocycles. The van der Waals surface area contributed by atoms with Crippen molar-refractivity contribution in [3.63, 3.8) is 0 Å². The number of anilines is 2. The van der Waals surface area contributed by atoms with E-state index in [0.29, 0.717) is 42.1 Å². The Bertz CT molecular complexity index is 1330. The Balaban J connectivity index is 1.32. The number of benzene rings is 1. The normalized spacial score (nSPS) is 26.1. The first-order valence-electron chi connectivity index (χ1n) is 11.5. The van der Waals surface area contributed by atoms with E-state index in [-0.39, 0.29) is 17.0 Å². The maximum Gasteiger partial charge on any atom is 0.416 e. The highest BCUT2D eigenvalue weighted by Gasteiger charge is 2.68. The summed E-state index contributed by atoms with van der Waals surface area (Å²) >= 11 is 0. The number of fused-ring (bicyclic) bond motifs is 3. The first-order valence-corrected chi connectivity index (χ1v) is 11.5. The number of hydrogen-bond donors (Lipinski definition) is 2. The first kappa shape index (κ1) is 21.2. The molecule has 0 radical (unpaired) electrons. The average molecular weight is 470 g/mol. The van der Waals surface area contributed by atoms with Crippen LogP contribution in [0.25, 0.3) is 5.78 Å². The third kappa shape index (κ3) is 2.93. The molecule has 2 aromatic heterocycles. The summed E-state index contributed by atoms with van der Waals surface area (Å²) in [5.74, 6) is 2.30. The number of nitrogen functional groups attached to an aromatic ring is 1. The van der Waals surface area contributed by atoms with Gasteiger partial charge >= 0.3 is 6.18 Å². The van der Waals surface area contributed by atoms with E-state index in [1.165, 1.54) is 6.07 Å². The van der Waals surface area contributed by atoms with Crippen LogP contribution in [0, 0.1) is 17.3 Å². The molecule has 1 amide bonds. The molecule has 3 aromatic rings. The van der Waals surface area contributed by atoms with E-state index in [9.17, 15) is 18.0 Å². The predicted octanol–water partition coefficient (Wildman–Crippen LogP) is 4.39. The Morgan fingerprint density at radius 3 is 2.68 bits per heavy atom. The molecule has 0 unspecified atom stereocenters. The summed E-state index contributed by atoms with van der Waals surface area (Å²) in [6.45, 7) is 4.79. The van der Waals surface area contributed by atoms with Gasteiger partial charge in [0.15, 0.2) is 0 Å². The Kier molecular flexibility index (Phi) is 4.29. The summed E-state index contributed by atoms with van der Waals surface area (Å²) in [6.07, 6.45) is 0.920. The van der Waals surface area contributed by atoms with E-state index in [1.807, 2.05) is 15.5 Å². The molecule has 1 aromatic carbocycles. The molecule has 1 aliphatic heterocycles. The molecule has 4 aliphatic rings. The highest BCUT2D eigenvalue weighted by molar-refractivity contribution is 5.87. The number of nitrogens with one attached hydrogen (secondary N) is 1. The number of alkyl halides is 3. The molecule has 7 nitrogen and oxygen atoms in total. The van der Waals surface area contributed by atoms with Crippen molar-refractivity contribution in [2.24, 2.45) is 17.3 Å². The summed E-state index contributed by atoms with van der Waals surface area (Å²) in [7, 11) is 0. The maximum absolute atomic E-state index is 13.4. The molecule has 3 heterocycles. The van der Waals surface area contributed by atoms with Crippen LogP contribution < -0.4 is 11.1 Å². The summed E-state index contributed by atoms with van der Waals surface area (Å²) < 4.78 is 41.8. The summed E-state index contributed by atoms with van der Waals surface area (Å²) in [4.78, 5) is 24.2. The van der Waals surface area contributed by atoms with Crippen molar-refractivity contribution in [1.29, 1.82) is 0 Å². The van der Waals surface area contributed by atoms with Gasteiger partial charge in [0.2, 0.25) is 11.7 Å². The first-order chi connectivity index (χ1) is 16.1. The Morgan fingerprint density at radius 2 is 2.03 bits per heavy atom. The van der Waals surface area contributed by atoms with Gasteiger partial charge in [-0.15, -0.1) is 0 Å². The Morgan fingerprint density at radius 1 is 1.26 bits per heavy atom. The van der Waals surface area contributed by atoms with Gasteiger partial charge in [0.25, 0.3) is 0 Å². The van der Waals surface area contributed by atoms with Gasteiger partial charge in [-0.2, -0.15) is 18.2 Å². The number of hydrogen-bond acceptors (Lipinski definition) is 5. The van der Waals surface area contributed by atoms with E-state index >= 15 is 0 Å². The van der Waals surface area contributed by atoms with Crippen molar-refractivity contribution in [3.8, 4) is 0 Å². The minimum Gasteiger partial charge on any atom is -0.399 e. The molecule has 3 aliphatic carbocycles. The van der Waals surface area contributed by atoms with Gasteiger partial charge in [-0.1, -0.05) is 6.92 Å². The number of nitrogens with two attached hydrogens (primary N) is 1. The molecule has 3 N–H and O–H groups in total. The van der Waals surface area contributed by atoms with Gasteiger partial charge in [-0.3, -0.25) is 9.20 Å². The van der Waals surface area contributed by atoms with Crippen molar-refractivity contribution in [2.75, 3.05) is 11.1 Å². The standard InChI is InChI=1S/C24H25F3N6O/c1-12-15-8-23(12,9-15)21(34)32-10-18-19(11-32)33-4-3-29-22(33)31-20(18)30-13(2)14-5-16(24(25,26)27)7-17(28)6-14/h3-7,12-13,15H,8-11,28H2,1-2H3,(H,29,30,31)/t12-,13+,15?,23?/m0/s1. The third-order valence-corrected chi connectivity index (χ3v) is 8.15. The monoisotopic (exact) mass is 470 g/mol. The lowest BCUT2D eigenvalue weighted by atomic mass is 9.37. The number of nitrogens with zero attached hydrogens (tertiary/aromatic N) is 4. The average Bonchev–Trinajstić information content (AvgIpc) is 3.38. The smallest absolute Gasteiger partial charge is 0.399 e. The van der Waals surface area contributed by atoms with E-state index in [1.54, 1.807) is 13.1 Å². The third-order valence-electron chi connectivity index (χ3n) is 8.15. The summed E-state index contributed by atoms with van der Waals surface area (Å²) in [6, 6.07) is 3.06. The molecule has 0 spiro atoms. The fraction of sp³-hybridized carbons (Fsp3) is 0.458. The summed E-state index contributed by atoms with van der Waals surface area (Å²) in [5, 5.41) is 3.27. The van der Waals surface area contributed by atoms with Crippen LogP contribution in [-0.4, -0.2) is 25.2 Å². The molecule has 178 valence electrons. The zero-order chi connectivity index (χ0) is 24.0.